The molecular weight excluding hydrogens is 288 g/mol. The second-order valence-corrected chi connectivity index (χ2v) is 7.07. The molecule has 3 N–H and O–H groups in total. The Morgan fingerprint density at radius 3 is 2.62 bits per heavy atom. The molecule has 0 heterocycles. The van der Waals surface area contributed by atoms with Crippen LogP contribution in [-0.4, -0.2) is 18.2 Å². The summed E-state index contributed by atoms with van der Waals surface area (Å²) in [5, 5.41) is 3.42. The molecule has 1 aromatic rings. The monoisotopic (exact) mass is 310 g/mol. The van der Waals surface area contributed by atoms with Crippen molar-refractivity contribution in [1.82, 2.24) is 0 Å². The Morgan fingerprint density at radius 1 is 1.43 bits per heavy atom. The molecule has 0 bridgehead atoms. The van der Waals surface area contributed by atoms with Crippen LogP contribution in [0, 0.1) is 0 Å². The third-order valence-electron chi connectivity index (χ3n) is 3.67. The summed E-state index contributed by atoms with van der Waals surface area (Å²) in [6.07, 6.45) is 2.64. The van der Waals surface area contributed by atoms with Gasteiger partial charge in [-0.15, -0.1) is 0 Å². The quantitative estimate of drug-likeness (QED) is 0.881. The number of ether oxygens (including phenoxy) is 1. The standard InChI is InChI=1S/C16H23ClN2O2/c1-15(2,3)21-14(20)19-13-10-11(17)4-5-12(13)16(6-7-16)8-9-18/h4-5,10H,6-9,18H2,1-3H3,(H,19,20). The number of rotatable bonds is 4. The summed E-state index contributed by atoms with van der Waals surface area (Å²) >= 11 is 6.06. The number of nitrogens with two attached hydrogens (primary N) is 1. The number of nitrogens with one attached hydrogen (secondary N) is 1. The van der Waals surface area contributed by atoms with Gasteiger partial charge in [-0.1, -0.05) is 17.7 Å². The van der Waals surface area contributed by atoms with Gasteiger partial charge in [-0.3, -0.25) is 5.32 Å². The third-order valence-corrected chi connectivity index (χ3v) is 3.90. The van der Waals surface area contributed by atoms with Crippen molar-refractivity contribution in [1.29, 1.82) is 0 Å². The van der Waals surface area contributed by atoms with Crippen LogP contribution in [0.4, 0.5) is 10.5 Å². The van der Waals surface area contributed by atoms with Crippen LogP contribution in [0.2, 0.25) is 5.02 Å². The Kier molecular flexibility index (Phi) is 4.49. The Bertz CT molecular complexity index is 534. The number of carbonyl (C=O) groups is 1. The van der Waals surface area contributed by atoms with Gasteiger partial charge >= 0.3 is 6.09 Å². The van der Waals surface area contributed by atoms with Crippen LogP contribution >= 0.6 is 11.6 Å². The first-order valence-corrected chi connectivity index (χ1v) is 7.64. The minimum Gasteiger partial charge on any atom is -0.444 e. The Morgan fingerprint density at radius 2 is 2.10 bits per heavy atom. The van der Waals surface area contributed by atoms with Crippen molar-refractivity contribution in [3.63, 3.8) is 0 Å². The molecular formula is C16H23ClN2O2. The SMILES string of the molecule is CC(C)(C)OC(=O)Nc1cc(Cl)ccc1C1(CCN)CC1. The highest BCUT2D eigenvalue weighted by atomic mass is 35.5. The van der Waals surface area contributed by atoms with E-state index < -0.39 is 11.7 Å². The molecule has 2 rings (SSSR count). The second-order valence-electron chi connectivity index (χ2n) is 6.64. The fourth-order valence-corrected chi connectivity index (χ4v) is 2.75. The van der Waals surface area contributed by atoms with E-state index in [4.69, 9.17) is 22.1 Å². The summed E-state index contributed by atoms with van der Waals surface area (Å²) in [5.74, 6) is 0. The van der Waals surface area contributed by atoms with Gasteiger partial charge < -0.3 is 10.5 Å². The lowest BCUT2D eigenvalue weighted by Gasteiger charge is -2.23. The fourth-order valence-electron chi connectivity index (χ4n) is 2.58. The van der Waals surface area contributed by atoms with Crippen molar-refractivity contribution in [3.05, 3.63) is 28.8 Å². The summed E-state index contributed by atoms with van der Waals surface area (Å²) in [6, 6.07) is 5.61. The molecule has 1 amide bonds. The number of benzene rings is 1. The highest BCUT2D eigenvalue weighted by Crippen LogP contribution is 2.53. The Labute approximate surface area is 131 Å². The molecule has 5 heteroatoms. The van der Waals surface area contributed by atoms with Crippen molar-refractivity contribution in [2.24, 2.45) is 5.73 Å². The van der Waals surface area contributed by atoms with Crippen LogP contribution < -0.4 is 11.1 Å². The molecule has 1 aliphatic rings. The molecule has 1 aromatic carbocycles. The minimum atomic E-state index is -0.530. The first-order chi connectivity index (χ1) is 9.76. The smallest absolute Gasteiger partial charge is 0.412 e. The zero-order valence-corrected chi connectivity index (χ0v) is 13.6. The van der Waals surface area contributed by atoms with Crippen molar-refractivity contribution >= 4 is 23.4 Å². The van der Waals surface area contributed by atoms with E-state index in [0.29, 0.717) is 11.6 Å². The lowest BCUT2D eigenvalue weighted by atomic mass is 9.91. The molecule has 0 aromatic heterocycles. The Hall–Kier alpha value is -1.26. The molecule has 116 valence electrons. The van der Waals surface area contributed by atoms with Gasteiger partial charge in [-0.05, 0) is 69.7 Å². The number of hydrogen-bond donors (Lipinski definition) is 2. The molecule has 0 unspecified atom stereocenters. The fraction of sp³-hybridized carbons (Fsp3) is 0.562. The van der Waals surface area contributed by atoms with Gasteiger partial charge in [0.2, 0.25) is 0 Å². The highest BCUT2D eigenvalue weighted by Gasteiger charge is 2.44. The molecule has 0 aliphatic heterocycles. The molecule has 0 radical (unpaired) electrons. The van der Waals surface area contributed by atoms with Gasteiger partial charge in [0, 0.05) is 10.7 Å². The summed E-state index contributed by atoms with van der Waals surface area (Å²) in [4.78, 5) is 12.0. The zero-order chi connectivity index (χ0) is 15.7. The average Bonchev–Trinajstić information content (AvgIpc) is 3.07. The predicted molar refractivity (Wildman–Crippen MR) is 85.9 cm³/mol. The van der Waals surface area contributed by atoms with Crippen LogP contribution in [0.15, 0.2) is 18.2 Å². The van der Waals surface area contributed by atoms with Gasteiger partial charge in [0.25, 0.3) is 0 Å². The summed E-state index contributed by atoms with van der Waals surface area (Å²) in [5.41, 5.74) is 7.10. The van der Waals surface area contributed by atoms with Crippen molar-refractivity contribution in [3.8, 4) is 0 Å². The number of anilines is 1. The summed E-state index contributed by atoms with van der Waals surface area (Å²) < 4.78 is 5.31. The van der Waals surface area contributed by atoms with Gasteiger partial charge in [0.1, 0.15) is 5.60 Å². The largest absolute Gasteiger partial charge is 0.444 e. The van der Waals surface area contributed by atoms with Gasteiger partial charge in [-0.25, -0.2) is 4.79 Å². The lowest BCUT2D eigenvalue weighted by Crippen LogP contribution is -2.28. The van der Waals surface area contributed by atoms with Crippen LogP contribution in [-0.2, 0) is 10.2 Å². The van der Waals surface area contributed by atoms with E-state index in [0.717, 1.165) is 30.5 Å². The summed E-state index contributed by atoms with van der Waals surface area (Å²) in [7, 11) is 0. The maximum Gasteiger partial charge on any atom is 0.412 e. The topological polar surface area (TPSA) is 64.3 Å². The number of amides is 1. The lowest BCUT2D eigenvalue weighted by molar-refractivity contribution is 0.0636. The van der Waals surface area contributed by atoms with E-state index in [9.17, 15) is 4.79 Å². The molecule has 1 saturated carbocycles. The van der Waals surface area contributed by atoms with Crippen LogP contribution in [0.25, 0.3) is 0 Å². The van der Waals surface area contributed by atoms with Crippen molar-refractivity contribution in [2.45, 2.75) is 51.0 Å². The van der Waals surface area contributed by atoms with Gasteiger partial charge in [-0.2, -0.15) is 0 Å². The Balaban J connectivity index is 2.22. The third kappa shape index (κ3) is 4.11. The molecule has 0 saturated heterocycles. The average molecular weight is 311 g/mol. The zero-order valence-electron chi connectivity index (χ0n) is 12.8. The van der Waals surface area contributed by atoms with Crippen molar-refractivity contribution in [2.75, 3.05) is 11.9 Å². The van der Waals surface area contributed by atoms with E-state index in [1.807, 2.05) is 32.9 Å². The normalized spacial score (nSPS) is 16.4. The molecule has 21 heavy (non-hydrogen) atoms. The molecule has 1 aliphatic carbocycles. The second kappa shape index (κ2) is 5.85. The van der Waals surface area contributed by atoms with Gasteiger partial charge in [0.15, 0.2) is 0 Å². The number of hydrogen-bond acceptors (Lipinski definition) is 3. The molecule has 0 spiro atoms. The van der Waals surface area contributed by atoms with E-state index in [-0.39, 0.29) is 5.41 Å². The first kappa shape index (κ1) is 16.1. The molecule has 4 nitrogen and oxygen atoms in total. The molecule has 0 atom stereocenters. The highest BCUT2D eigenvalue weighted by molar-refractivity contribution is 6.31. The first-order valence-electron chi connectivity index (χ1n) is 7.26. The minimum absolute atomic E-state index is 0.0870. The van der Waals surface area contributed by atoms with Gasteiger partial charge in [0.05, 0.1) is 0 Å². The number of halogens is 1. The number of carbonyl (C=O) groups excluding carboxylic acids is 1. The van der Waals surface area contributed by atoms with Crippen LogP contribution in [0.1, 0.15) is 45.6 Å². The van der Waals surface area contributed by atoms with E-state index in [1.165, 1.54) is 0 Å². The predicted octanol–water partition coefficient (Wildman–Crippen LogP) is 4.07. The maximum absolute atomic E-state index is 12.0. The molecule has 1 fully saturated rings. The van der Waals surface area contributed by atoms with Crippen LogP contribution in [0.3, 0.4) is 0 Å². The van der Waals surface area contributed by atoms with E-state index >= 15 is 0 Å². The summed E-state index contributed by atoms with van der Waals surface area (Å²) in [6.45, 7) is 6.14. The van der Waals surface area contributed by atoms with E-state index in [2.05, 4.69) is 5.32 Å². The van der Waals surface area contributed by atoms with E-state index in [1.54, 1.807) is 6.07 Å². The maximum atomic E-state index is 12.0. The van der Waals surface area contributed by atoms with Crippen LogP contribution in [0.5, 0.6) is 0 Å². The van der Waals surface area contributed by atoms with Crippen molar-refractivity contribution < 1.29 is 9.53 Å².